The summed E-state index contributed by atoms with van der Waals surface area (Å²) in [6, 6.07) is 0. The topological polar surface area (TPSA) is 155 Å². The van der Waals surface area contributed by atoms with Gasteiger partial charge in [0.05, 0.1) is 40.0 Å². The van der Waals surface area contributed by atoms with Gasteiger partial charge in [-0.05, 0) is 0 Å². The zero-order valence-electron chi connectivity index (χ0n) is 11.9. The first-order valence-electron chi connectivity index (χ1n) is 5.59. The van der Waals surface area contributed by atoms with Crippen molar-refractivity contribution in [3.63, 3.8) is 0 Å². The number of carbonyl (C=O) groups excluding carboxylic acids is 1. The van der Waals surface area contributed by atoms with Crippen LogP contribution in [0.4, 0.5) is 0 Å². The van der Waals surface area contributed by atoms with E-state index in [1.54, 1.807) is 6.92 Å². The van der Waals surface area contributed by atoms with Crippen molar-refractivity contribution in [3.05, 3.63) is 0 Å². The molecule has 0 heterocycles. The third-order valence-electron chi connectivity index (χ3n) is 2.39. The molecule has 9 heteroatoms. The Morgan fingerprint density at radius 3 is 1.45 bits per heavy atom. The molecule has 0 radical (unpaired) electrons. The number of carbonyl (C=O) groups is 3. The van der Waals surface area contributed by atoms with Gasteiger partial charge in [0.15, 0.2) is 6.23 Å². The van der Waals surface area contributed by atoms with Crippen LogP contribution < -0.4 is 5.11 Å². The smallest absolute Gasteiger partial charge is 0.306 e. The molecule has 0 saturated carbocycles. The molecule has 0 spiro atoms. The van der Waals surface area contributed by atoms with Crippen LogP contribution in [0.3, 0.4) is 0 Å². The molecule has 0 aliphatic rings. The minimum absolute atomic E-state index is 0.264. The number of carboxylic acids is 3. The number of quaternary nitrogens is 1. The van der Waals surface area contributed by atoms with Gasteiger partial charge in [-0.25, -0.2) is 0 Å². The molecule has 0 aliphatic heterocycles. The van der Waals surface area contributed by atoms with E-state index in [-0.39, 0.29) is 6.23 Å². The number of aliphatic hydroxyl groups is 2. The second-order valence-electron chi connectivity index (χ2n) is 5.21. The van der Waals surface area contributed by atoms with Crippen LogP contribution in [-0.2, 0) is 14.4 Å². The van der Waals surface area contributed by atoms with Crippen molar-refractivity contribution in [2.75, 3.05) is 21.1 Å². The highest BCUT2D eigenvalue weighted by Gasteiger charge is 2.34. The Kier molecular flexibility index (Phi) is 8.01. The Labute approximate surface area is 116 Å². The Hall–Kier alpha value is -1.71. The largest absolute Gasteiger partial charge is 0.547 e. The quantitative estimate of drug-likeness (QED) is 0.308. The van der Waals surface area contributed by atoms with Gasteiger partial charge in [-0.1, -0.05) is 0 Å². The molecule has 4 N–H and O–H groups in total. The van der Waals surface area contributed by atoms with Crippen molar-refractivity contribution in [3.8, 4) is 0 Å². The van der Waals surface area contributed by atoms with E-state index in [2.05, 4.69) is 0 Å². The van der Waals surface area contributed by atoms with Crippen LogP contribution in [0.25, 0.3) is 0 Å². The van der Waals surface area contributed by atoms with Gasteiger partial charge >= 0.3 is 11.9 Å². The van der Waals surface area contributed by atoms with E-state index in [1.165, 1.54) is 0 Å². The van der Waals surface area contributed by atoms with Crippen molar-refractivity contribution in [2.24, 2.45) is 0 Å². The maximum absolute atomic E-state index is 10.2. The lowest BCUT2D eigenvalue weighted by atomic mass is 9.96. The minimum Gasteiger partial charge on any atom is -0.547 e. The van der Waals surface area contributed by atoms with Crippen molar-refractivity contribution in [2.45, 2.75) is 31.6 Å². The number of hydrogen-bond donors (Lipinski definition) is 4. The predicted octanol–water partition coefficient (Wildman–Crippen LogP) is -2.55. The average molecular weight is 295 g/mol. The van der Waals surface area contributed by atoms with Gasteiger partial charge in [0.1, 0.15) is 5.60 Å². The first-order chi connectivity index (χ1) is 8.72. The molecule has 1 atom stereocenters. The molecule has 0 bridgehead atoms. The molecule has 0 aromatic rings. The van der Waals surface area contributed by atoms with Gasteiger partial charge in [-0.15, -0.1) is 0 Å². The lowest BCUT2D eigenvalue weighted by Gasteiger charge is -2.26. The molecule has 118 valence electrons. The van der Waals surface area contributed by atoms with Crippen LogP contribution in [0, 0.1) is 0 Å². The van der Waals surface area contributed by atoms with E-state index in [0.717, 1.165) is 0 Å². The van der Waals surface area contributed by atoms with E-state index in [1.807, 2.05) is 21.1 Å². The molecule has 1 unspecified atom stereocenters. The molecule has 0 aromatic carbocycles. The fourth-order valence-electron chi connectivity index (χ4n) is 0.707. The normalized spacial score (nSPS) is 12.9. The number of aliphatic hydroxyl groups excluding tert-OH is 1. The molecule has 0 amide bonds. The monoisotopic (exact) mass is 295 g/mol. The average Bonchev–Trinajstić information content (AvgIpc) is 2.13. The number of hydrogen-bond acceptors (Lipinski definition) is 6. The SMILES string of the molecule is CC(O)[N+](C)(C)C.O=C(O)CC(O)(CC(=O)O)C(=O)[O-]. The highest BCUT2D eigenvalue weighted by molar-refractivity contribution is 5.86. The molecule has 0 fully saturated rings. The first kappa shape index (κ1) is 20.6. The van der Waals surface area contributed by atoms with Gasteiger partial charge in [0.2, 0.25) is 0 Å². The van der Waals surface area contributed by atoms with Crippen LogP contribution in [0.1, 0.15) is 19.8 Å². The van der Waals surface area contributed by atoms with Crippen LogP contribution in [0.15, 0.2) is 0 Å². The molecule has 20 heavy (non-hydrogen) atoms. The summed E-state index contributed by atoms with van der Waals surface area (Å²) in [6.07, 6.45) is -2.68. The van der Waals surface area contributed by atoms with Crippen molar-refractivity contribution in [1.82, 2.24) is 0 Å². The van der Waals surface area contributed by atoms with Crippen LogP contribution in [0.2, 0.25) is 0 Å². The molecule has 0 aromatic heterocycles. The van der Waals surface area contributed by atoms with Gasteiger partial charge in [0, 0.05) is 6.92 Å². The Morgan fingerprint density at radius 2 is 1.35 bits per heavy atom. The van der Waals surface area contributed by atoms with E-state index in [0.29, 0.717) is 4.48 Å². The van der Waals surface area contributed by atoms with Gasteiger partial charge in [-0.2, -0.15) is 0 Å². The molecular weight excluding hydrogens is 274 g/mol. The van der Waals surface area contributed by atoms with Crippen LogP contribution in [0.5, 0.6) is 0 Å². The molecule has 0 rings (SSSR count). The molecule has 9 nitrogen and oxygen atoms in total. The molecule has 0 saturated heterocycles. The summed E-state index contributed by atoms with van der Waals surface area (Å²) in [5.74, 6) is -5.35. The Morgan fingerprint density at radius 1 is 1.10 bits per heavy atom. The van der Waals surface area contributed by atoms with Gasteiger partial charge in [0.25, 0.3) is 0 Å². The van der Waals surface area contributed by atoms with E-state index < -0.39 is 36.4 Å². The lowest BCUT2D eigenvalue weighted by molar-refractivity contribution is -0.916. The summed E-state index contributed by atoms with van der Waals surface area (Å²) in [6.45, 7) is 1.78. The van der Waals surface area contributed by atoms with Crippen LogP contribution in [-0.4, -0.2) is 75.8 Å². The molecule has 0 aliphatic carbocycles. The first-order valence-corrected chi connectivity index (χ1v) is 5.59. The summed E-state index contributed by atoms with van der Waals surface area (Å²) in [4.78, 5) is 30.3. The third kappa shape index (κ3) is 9.25. The highest BCUT2D eigenvalue weighted by Crippen LogP contribution is 2.14. The fourth-order valence-corrected chi connectivity index (χ4v) is 0.707. The van der Waals surface area contributed by atoms with E-state index in [4.69, 9.17) is 20.4 Å². The zero-order chi connectivity index (χ0) is 16.7. The van der Waals surface area contributed by atoms with Crippen molar-refractivity contribution >= 4 is 17.9 Å². The maximum Gasteiger partial charge on any atom is 0.306 e. The lowest BCUT2D eigenvalue weighted by Crippen LogP contribution is -2.51. The third-order valence-corrected chi connectivity index (χ3v) is 2.39. The number of carboxylic acid groups (broad SMARTS) is 3. The van der Waals surface area contributed by atoms with Gasteiger partial charge in [-0.3, -0.25) is 9.59 Å². The number of rotatable bonds is 6. The standard InChI is InChI=1S/C6H8O7.C5H14NO/c7-3(8)1-6(13,5(11)12)2-4(9)10;1-5(7)6(2,3)4/h13H,1-2H2,(H,7,8)(H,9,10)(H,11,12);5,7H,1-4H3/q;+1/p-1. The Balaban J connectivity index is 0. The predicted molar refractivity (Wildman–Crippen MR) is 64.2 cm³/mol. The zero-order valence-corrected chi connectivity index (χ0v) is 11.9. The van der Waals surface area contributed by atoms with E-state index in [9.17, 15) is 19.5 Å². The second kappa shape index (κ2) is 7.78. The van der Waals surface area contributed by atoms with E-state index >= 15 is 0 Å². The summed E-state index contributed by atoms with van der Waals surface area (Å²) < 4.78 is 0.611. The summed E-state index contributed by atoms with van der Waals surface area (Å²) in [5.41, 5.74) is -2.85. The fraction of sp³-hybridized carbons (Fsp3) is 0.727. The minimum atomic E-state index is -2.85. The second-order valence-corrected chi connectivity index (χ2v) is 5.21. The number of aliphatic carboxylic acids is 3. The van der Waals surface area contributed by atoms with Crippen LogP contribution >= 0.6 is 0 Å². The summed E-state index contributed by atoms with van der Waals surface area (Å²) in [7, 11) is 5.85. The summed E-state index contributed by atoms with van der Waals surface area (Å²) >= 11 is 0. The highest BCUT2D eigenvalue weighted by atomic mass is 16.4. The van der Waals surface area contributed by atoms with Gasteiger partial charge < -0.3 is 34.8 Å². The Bertz CT molecular complexity index is 342. The van der Waals surface area contributed by atoms with Crippen molar-refractivity contribution < 1.29 is 44.4 Å². The maximum atomic E-state index is 10.2. The summed E-state index contributed by atoms with van der Waals surface area (Å²) in [5, 5.41) is 44.4. The molecular formula is C11H21NO8. The number of nitrogens with zero attached hydrogens (tertiary/aromatic N) is 1. The van der Waals surface area contributed by atoms with Crippen molar-refractivity contribution in [1.29, 1.82) is 0 Å².